The van der Waals surface area contributed by atoms with Crippen molar-refractivity contribution in [2.75, 3.05) is 5.73 Å². The Labute approximate surface area is 121 Å². The molecule has 0 radical (unpaired) electrons. The molecule has 118 valence electrons. The monoisotopic (exact) mass is 304 g/mol. The zero-order valence-corrected chi connectivity index (χ0v) is 12.1. The summed E-state index contributed by atoms with van der Waals surface area (Å²) in [5.41, 5.74) is 4.35. The third kappa shape index (κ3) is 4.84. The highest BCUT2D eigenvalue weighted by molar-refractivity contribution is 5.81. The van der Waals surface area contributed by atoms with Crippen molar-refractivity contribution >= 4 is 11.6 Å². The summed E-state index contributed by atoms with van der Waals surface area (Å²) < 4.78 is 43.9. The SMILES string of the molecule is CCC(C)NC(=O)C(C)Oc1ccc(N)cc1C(F)(F)F. The second kappa shape index (κ2) is 6.69. The minimum absolute atomic E-state index is 0.0219. The van der Waals surface area contributed by atoms with Crippen LogP contribution < -0.4 is 15.8 Å². The minimum Gasteiger partial charge on any atom is -0.480 e. The Morgan fingerprint density at radius 3 is 2.52 bits per heavy atom. The average molecular weight is 304 g/mol. The van der Waals surface area contributed by atoms with Gasteiger partial charge in [0, 0.05) is 11.7 Å². The van der Waals surface area contributed by atoms with Gasteiger partial charge in [-0.25, -0.2) is 0 Å². The number of carbonyl (C=O) groups excluding carboxylic acids is 1. The molecule has 1 aromatic rings. The Hall–Kier alpha value is -1.92. The number of amides is 1. The quantitative estimate of drug-likeness (QED) is 0.822. The van der Waals surface area contributed by atoms with E-state index in [-0.39, 0.29) is 11.7 Å². The van der Waals surface area contributed by atoms with E-state index in [2.05, 4.69) is 5.32 Å². The molecule has 0 bridgehead atoms. The van der Waals surface area contributed by atoms with E-state index in [1.807, 2.05) is 6.92 Å². The van der Waals surface area contributed by atoms with Crippen LogP contribution in [0, 0.1) is 0 Å². The Morgan fingerprint density at radius 2 is 2.00 bits per heavy atom. The van der Waals surface area contributed by atoms with Crippen LogP contribution in [-0.4, -0.2) is 18.1 Å². The number of nitrogen functional groups attached to an aromatic ring is 1. The molecule has 0 saturated heterocycles. The van der Waals surface area contributed by atoms with Gasteiger partial charge in [0.05, 0.1) is 5.56 Å². The highest BCUT2D eigenvalue weighted by Crippen LogP contribution is 2.37. The number of nitrogens with two attached hydrogens (primary N) is 1. The summed E-state index contributed by atoms with van der Waals surface area (Å²) >= 11 is 0. The molecule has 0 saturated carbocycles. The maximum Gasteiger partial charge on any atom is 0.420 e. The maximum atomic E-state index is 12.9. The fourth-order valence-electron chi connectivity index (χ4n) is 1.58. The van der Waals surface area contributed by atoms with Gasteiger partial charge in [-0.05, 0) is 38.5 Å². The van der Waals surface area contributed by atoms with Crippen molar-refractivity contribution in [3.8, 4) is 5.75 Å². The first-order valence-electron chi connectivity index (χ1n) is 6.59. The standard InChI is InChI=1S/C14H19F3N2O2/c1-4-8(2)19-13(20)9(3)21-12-6-5-10(18)7-11(12)14(15,16)17/h5-9H,4,18H2,1-3H3,(H,19,20). The Kier molecular flexibility index (Phi) is 5.46. The zero-order valence-electron chi connectivity index (χ0n) is 12.1. The number of rotatable bonds is 5. The Morgan fingerprint density at radius 1 is 1.38 bits per heavy atom. The number of nitrogens with one attached hydrogen (secondary N) is 1. The number of hydrogen-bond acceptors (Lipinski definition) is 3. The van der Waals surface area contributed by atoms with Crippen molar-refractivity contribution < 1.29 is 22.7 Å². The van der Waals surface area contributed by atoms with E-state index in [4.69, 9.17) is 10.5 Å². The molecule has 0 aliphatic rings. The molecule has 7 heteroatoms. The van der Waals surface area contributed by atoms with Gasteiger partial charge in [0.2, 0.25) is 0 Å². The van der Waals surface area contributed by atoms with Gasteiger partial charge in [0.1, 0.15) is 5.75 Å². The molecule has 0 heterocycles. The number of carbonyl (C=O) groups is 1. The summed E-state index contributed by atoms with van der Waals surface area (Å²) in [7, 11) is 0. The normalized spacial score (nSPS) is 14.4. The predicted octanol–water partition coefficient (Wildman–Crippen LogP) is 2.97. The molecule has 1 aromatic carbocycles. The molecule has 0 spiro atoms. The second-order valence-corrected chi connectivity index (χ2v) is 4.83. The number of halogens is 3. The van der Waals surface area contributed by atoms with E-state index in [0.717, 1.165) is 12.1 Å². The predicted molar refractivity (Wildman–Crippen MR) is 73.8 cm³/mol. The molecule has 0 fully saturated rings. The molecule has 2 atom stereocenters. The van der Waals surface area contributed by atoms with Gasteiger partial charge in [0.15, 0.2) is 6.10 Å². The van der Waals surface area contributed by atoms with Gasteiger partial charge >= 0.3 is 6.18 Å². The molecule has 1 rings (SSSR count). The number of alkyl halides is 3. The van der Waals surface area contributed by atoms with Gasteiger partial charge in [-0.1, -0.05) is 6.92 Å². The van der Waals surface area contributed by atoms with Crippen molar-refractivity contribution in [3.05, 3.63) is 23.8 Å². The molecular formula is C14H19F3N2O2. The van der Waals surface area contributed by atoms with E-state index in [1.54, 1.807) is 6.92 Å². The minimum atomic E-state index is -4.60. The van der Waals surface area contributed by atoms with Crippen LogP contribution in [0.3, 0.4) is 0 Å². The lowest BCUT2D eigenvalue weighted by Crippen LogP contribution is -2.41. The number of hydrogen-bond donors (Lipinski definition) is 2. The number of benzene rings is 1. The van der Waals surface area contributed by atoms with Gasteiger partial charge in [-0.2, -0.15) is 13.2 Å². The summed E-state index contributed by atoms with van der Waals surface area (Å²) in [5.74, 6) is -0.877. The third-order valence-corrected chi connectivity index (χ3v) is 2.98. The summed E-state index contributed by atoms with van der Waals surface area (Å²) in [6.07, 6.45) is -4.92. The lowest BCUT2D eigenvalue weighted by atomic mass is 10.1. The van der Waals surface area contributed by atoms with Crippen molar-refractivity contribution in [3.63, 3.8) is 0 Å². The molecule has 4 nitrogen and oxygen atoms in total. The van der Waals surface area contributed by atoms with Crippen molar-refractivity contribution in [1.29, 1.82) is 0 Å². The van der Waals surface area contributed by atoms with Crippen molar-refractivity contribution in [2.45, 2.75) is 45.5 Å². The second-order valence-electron chi connectivity index (χ2n) is 4.83. The van der Waals surface area contributed by atoms with Crippen LogP contribution >= 0.6 is 0 Å². The topological polar surface area (TPSA) is 64.3 Å². The first kappa shape index (κ1) is 17.1. The Bertz CT molecular complexity index is 503. The fourth-order valence-corrected chi connectivity index (χ4v) is 1.58. The van der Waals surface area contributed by atoms with Crippen LogP contribution in [-0.2, 0) is 11.0 Å². The smallest absolute Gasteiger partial charge is 0.420 e. The molecule has 3 N–H and O–H groups in total. The molecule has 0 aliphatic carbocycles. The molecule has 2 unspecified atom stereocenters. The van der Waals surface area contributed by atoms with Gasteiger partial charge in [0.25, 0.3) is 5.91 Å². The van der Waals surface area contributed by atoms with Crippen LogP contribution in [0.1, 0.15) is 32.8 Å². The molecule has 0 aromatic heterocycles. The molecule has 21 heavy (non-hydrogen) atoms. The first-order chi connectivity index (χ1) is 9.65. The largest absolute Gasteiger partial charge is 0.480 e. The maximum absolute atomic E-state index is 12.9. The van der Waals surface area contributed by atoms with Crippen LogP contribution in [0.15, 0.2) is 18.2 Å². The average Bonchev–Trinajstić information content (AvgIpc) is 2.39. The van der Waals surface area contributed by atoms with E-state index >= 15 is 0 Å². The summed E-state index contributed by atoms with van der Waals surface area (Å²) in [5, 5.41) is 2.65. The number of anilines is 1. The fraction of sp³-hybridized carbons (Fsp3) is 0.500. The molecular weight excluding hydrogens is 285 g/mol. The number of ether oxygens (including phenoxy) is 1. The highest BCUT2D eigenvalue weighted by atomic mass is 19.4. The van der Waals surface area contributed by atoms with Crippen LogP contribution in [0.5, 0.6) is 5.75 Å². The van der Waals surface area contributed by atoms with E-state index < -0.39 is 29.5 Å². The zero-order chi connectivity index (χ0) is 16.2. The van der Waals surface area contributed by atoms with E-state index in [0.29, 0.717) is 6.42 Å². The van der Waals surface area contributed by atoms with E-state index in [1.165, 1.54) is 13.0 Å². The van der Waals surface area contributed by atoms with Crippen LogP contribution in [0.25, 0.3) is 0 Å². The lowest BCUT2D eigenvalue weighted by molar-refractivity contribution is -0.140. The van der Waals surface area contributed by atoms with Crippen molar-refractivity contribution in [2.24, 2.45) is 0 Å². The third-order valence-electron chi connectivity index (χ3n) is 2.98. The van der Waals surface area contributed by atoms with E-state index in [9.17, 15) is 18.0 Å². The van der Waals surface area contributed by atoms with Crippen LogP contribution in [0.2, 0.25) is 0 Å². The summed E-state index contributed by atoms with van der Waals surface area (Å²) in [6, 6.07) is 3.13. The Balaban J connectivity index is 2.90. The summed E-state index contributed by atoms with van der Waals surface area (Å²) in [6.45, 7) is 5.08. The molecule has 1 amide bonds. The first-order valence-corrected chi connectivity index (χ1v) is 6.59. The lowest BCUT2D eigenvalue weighted by Gasteiger charge is -2.20. The summed E-state index contributed by atoms with van der Waals surface area (Å²) in [4.78, 5) is 11.8. The van der Waals surface area contributed by atoms with Gasteiger partial charge in [-0.3, -0.25) is 4.79 Å². The van der Waals surface area contributed by atoms with Crippen LogP contribution in [0.4, 0.5) is 18.9 Å². The van der Waals surface area contributed by atoms with Gasteiger partial charge in [-0.15, -0.1) is 0 Å². The highest BCUT2D eigenvalue weighted by Gasteiger charge is 2.35. The molecule has 0 aliphatic heterocycles. The van der Waals surface area contributed by atoms with Crippen molar-refractivity contribution in [1.82, 2.24) is 5.32 Å². The van der Waals surface area contributed by atoms with Gasteiger partial charge < -0.3 is 15.8 Å².